The van der Waals surface area contributed by atoms with Crippen molar-refractivity contribution >= 4 is 17.3 Å². The molecule has 0 bridgehead atoms. The molecule has 0 amide bonds. The van der Waals surface area contributed by atoms with E-state index in [-0.39, 0.29) is 5.02 Å². The molecule has 0 fully saturated rings. The minimum Gasteiger partial charge on any atom is -0.391 e. The molecular weight excluding hydrogens is 205 g/mol. The first-order valence-corrected chi connectivity index (χ1v) is 4.89. The Bertz CT molecular complexity index is 306. The number of rotatable bonds is 4. The predicted molar refractivity (Wildman–Crippen MR) is 56.2 cm³/mol. The maximum absolute atomic E-state index is 13.3. The van der Waals surface area contributed by atoms with Crippen molar-refractivity contribution in [1.29, 1.82) is 0 Å². The van der Waals surface area contributed by atoms with E-state index in [1.807, 2.05) is 6.92 Å². The summed E-state index contributed by atoms with van der Waals surface area (Å²) < 4.78 is 13.3. The van der Waals surface area contributed by atoms with Crippen LogP contribution in [0.1, 0.15) is 13.3 Å². The standard InChI is InChI=1S/C10H13ClFNO/c1-2-7(14)6-13-9-5-3-4-8(11)10(9)12/h3-5,7,13-14H,2,6H2,1H3. The summed E-state index contributed by atoms with van der Waals surface area (Å²) in [5, 5.41) is 12.1. The van der Waals surface area contributed by atoms with Gasteiger partial charge in [0.15, 0.2) is 5.82 Å². The van der Waals surface area contributed by atoms with Crippen LogP contribution < -0.4 is 5.32 Å². The van der Waals surface area contributed by atoms with Crippen molar-refractivity contribution in [3.05, 3.63) is 29.0 Å². The van der Waals surface area contributed by atoms with Crippen LogP contribution in [-0.2, 0) is 0 Å². The average Bonchev–Trinajstić information content (AvgIpc) is 2.20. The summed E-state index contributed by atoms with van der Waals surface area (Å²) in [5.74, 6) is -0.475. The monoisotopic (exact) mass is 217 g/mol. The fraction of sp³-hybridized carbons (Fsp3) is 0.400. The first-order valence-electron chi connectivity index (χ1n) is 4.51. The van der Waals surface area contributed by atoms with Gasteiger partial charge in [-0.3, -0.25) is 0 Å². The highest BCUT2D eigenvalue weighted by atomic mass is 35.5. The summed E-state index contributed by atoms with van der Waals surface area (Å²) in [5.41, 5.74) is 0.324. The Morgan fingerprint density at radius 1 is 1.57 bits per heavy atom. The third-order valence-electron chi connectivity index (χ3n) is 1.95. The van der Waals surface area contributed by atoms with Gasteiger partial charge >= 0.3 is 0 Å². The Balaban J connectivity index is 2.63. The van der Waals surface area contributed by atoms with Crippen LogP contribution in [0.15, 0.2) is 18.2 Å². The highest BCUT2D eigenvalue weighted by molar-refractivity contribution is 6.31. The van der Waals surface area contributed by atoms with Crippen LogP contribution in [0.2, 0.25) is 5.02 Å². The Kier molecular flexibility index (Phi) is 4.17. The second-order valence-corrected chi connectivity index (χ2v) is 3.45. The smallest absolute Gasteiger partial charge is 0.164 e. The largest absolute Gasteiger partial charge is 0.391 e. The second kappa shape index (κ2) is 5.17. The molecule has 1 atom stereocenters. The van der Waals surface area contributed by atoms with Gasteiger partial charge in [0.2, 0.25) is 0 Å². The highest BCUT2D eigenvalue weighted by Gasteiger charge is 2.06. The molecule has 0 heterocycles. The van der Waals surface area contributed by atoms with Gasteiger partial charge in [0.05, 0.1) is 16.8 Å². The van der Waals surface area contributed by atoms with E-state index in [1.54, 1.807) is 12.1 Å². The number of hydrogen-bond donors (Lipinski definition) is 2. The molecule has 4 heteroatoms. The lowest BCUT2D eigenvalue weighted by Gasteiger charge is -2.11. The van der Waals surface area contributed by atoms with Gasteiger partial charge in [-0.05, 0) is 18.6 Å². The minimum atomic E-state index is -0.475. The first-order chi connectivity index (χ1) is 6.65. The van der Waals surface area contributed by atoms with Crippen molar-refractivity contribution < 1.29 is 9.50 Å². The average molecular weight is 218 g/mol. The molecule has 0 saturated heterocycles. The van der Waals surface area contributed by atoms with Crippen molar-refractivity contribution in [2.24, 2.45) is 0 Å². The molecule has 0 saturated carbocycles. The van der Waals surface area contributed by atoms with Crippen molar-refractivity contribution in [3.63, 3.8) is 0 Å². The minimum absolute atomic E-state index is 0.0842. The third-order valence-corrected chi connectivity index (χ3v) is 2.24. The van der Waals surface area contributed by atoms with Gasteiger partial charge in [0, 0.05) is 6.54 Å². The molecular formula is C10H13ClFNO. The van der Waals surface area contributed by atoms with Crippen molar-refractivity contribution in [2.45, 2.75) is 19.4 Å². The lowest BCUT2D eigenvalue weighted by atomic mass is 10.2. The van der Waals surface area contributed by atoms with Crippen LogP contribution in [0.3, 0.4) is 0 Å². The molecule has 0 aliphatic rings. The Morgan fingerprint density at radius 3 is 2.93 bits per heavy atom. The third kappa shape index (κ3) is 2.86. The van der Waals surface area contributed by atoms with Gasteiger partial charge in [-0.25, -0.2) is 4.39 Å². The van der Waals surface area contributed by atoms with Crippen LogP contribution >= 0.6 is 11.6 Å². The molecule has 0 spiro atoms. The quantitative estimate of drug-likeness (QED) is 0.813. The molecule has 0 radical (unpaired) electrons. The molecule has 1 aromatic rings. The van der Waals surface area contributed by atoms with E-state index in [9.17, 15) is 9.50 Å². The topological polar surface area (TPSA) is 32.3 Å². The molecule has 0 aliphatic carbocycles. The summed E-state index contributed by atoms with van der Waals surface area (Å²) in [6.07, 6.45) is 0.170. The molecule has 1 unspecified atom stereocenters. The highest BCUT2D eigenvalue weighted by Crippen LogP contribution is 2.21. The summed E-state index contributed by atoms with van der Waals surface area (Å²) in [4.78, 5) is 0. The zero-order chi connectivity index (χ0) is 10.6. The first kappa shape index (κ1) is 11.3. The number of nitrogens with one attached hydrogen (secondary N) is 1. The van der Waals surface area contributed by atoms with E-state index in [0.29, 0.717) is 18.7 Å². The van der Waals surface area contributed by atoms with Crippen molar-refractivity contribution in [3.8, 4) is 0 Å². The Morgan fingerprint density at radius 2 is 2.29 bits per heavy atom. The Hall–Kier alpha value is -0.800. The second-order valence-electron chi connectivity index (χ2n) is 3.04. The SMILES string of the molecule is CCC(O)CNc1cccc(Cl)c1F. The molecule has 0 aromatic heterocycles. The number of halogens is 2. The Labute approximate surface area is 87.7 Å². The van der Waals surface area contributed by atoms with E-state index in [4.69, 9.17) is 11.6 Å². The number of benzene rings is 1. The van der Waals surface area contributed by atoms with Crippen LogP contribution in [0.4, 0.5) is 10.1 Å². The van der Waals surface area contributed by atoms with Crippen LogP contribution in [0.5, 0.6) is 0 Å². The maximum Gasteiger partial charge on any atom is 0.164 e. The molecule has 78 valence electrons. The van der Waals surface area contributed by atoms with Crippen molar-refractivity contribution in [1.82, 2.24) is 0 Å². The van der Waals surface area contributed by atoms with Gasteiger partial charge in [0.25, 0.3) is 0 Å². The molecule has 2 N–H and O–H groups in total. The summed E-state index contributed by atoms with van der Waals surface area (Å²) in [6.45, 7) is 2.19. The number of aliphatic hydroxyl groups excluding tert-OH is 1. The summed E-state index contributed by atoms with van der Waals surface area (Å²) in [6, 6.07) is 4.73. The molecule has 1 aromatic carbocycles. The molecule has 2 nitrogen and oxygen atoms in total. The van der Waals surface area contributed by atoms with Crippen LogP contribution in [0, 0.1) is 5.82 Å². The van der Waals surface area contributed by atoms with E-state index >= 15 is 0 Å². The van der Waals surface area contributed by atoms with Gasteiger partial charge in [-0.15, -0.1) is 0 Å². The predicted octanol–water partition coefficient (Wildman–Crippen LogP) is 2.66. The van der Waals surface area contributed by atoms with Gasteiger partial charge in [0.1, 0.15) is 0 Å². The zero-order valence-corrected chi connectivity index (χ0v) is 8.68. The van der Waals surface area contributed by atoms with E-state index in [0.717, 1.165) is 0 Å². The number of hydrogen-bond acceptors (Lipinski definition) is 2. The van der Waals surface area contributed by atoms with E-state index in [2.05, 4.69) is 5.32 Å². The normalized spacial score (nSPS) is 12.6. The van der Waals surface area contributed by atoms with E-state index < -0.39 is 11.9 Å². The fourth-order valence-corrected chi connectivity index (χ4v) is 1.19. The lowest BCUT2D eigenvalue weighted by molar-refractivity contribution is 0.183. The van der Waals surface area contributed by atoms with Gasteiger partial charge in [-0.2, -0.15) is 0 Å². The zero-order valence-electron chi connectivity index (χ0n) is 7.93. The van der Waals surface area contributed by atoms with Crippen LogP contribution in [-0.4, -0.2) is 17.8 Å². The molecule has 1 rings (SSSR count). The maximum atomic E-state index is 13.3. The number of aliphatic hydroxyl groups is 1. The lowest BCUT2D eigenvalue weighted by Crippen LogP contribution is -2.18. The molecule has 0 aliphatic heterocycles. The van der Waals surface area contributed by atoms with Crippen LogP contribution in [0.25, 0.3) is 0 Å². The summed E-state index contributed by atoms with van der Waals surface area (Å²) >= 11 is 5.59. The fourth-order valence-electron chi connectivity index (χ4n) is 1.01. The molecule has 14 heavy (non-hydrogen) atoms. The van der Waals surface area contributed by atoms with Gasteiger partial charge in [-0.1, -0.05) is 24.6 Å². The van der Waals surface area contributed by atoms with Crippen molar-refractivity contribution in [2.75, 3.05) is 11.9 Å². The van der Waals surface area contributed by atoms with E-state index in [1.165, 1.54) is 6.07 Å². The van der Waals surface area contributed by atoms with Gasteiger partial charge < -0.3 is 10.4 Å². The number of anilines is 1. The summed E-state index contributed by atoms with van der Waals surface area (Å²) in [7, 11) is 0.